The van der Waals surface area contributed by atoms with E-state index in [0.717, 1.165) is 5.56 Å². The maximum absolute atomic E-state index is 11.5. The average molecular weight is 241 g/mol. The molecule has 0 N–H and O–H groups in total. The van der Waals surface area contributed by atoms with E-state index in [4.69, 9.17) is 10.00 Å². The average Bonchev–Trinajstić information content (AvgIpc) is 2.40. The molecule has 0 aliphatic carbocycles. The van der Waals surface area contributed by atoms with Gasteiger partial charge in [-0.25, -0.2) is 4.79 Å². The molecule has 1 aromatic carbocycles. The highest BCUT2D eigenvalue weighted by Crippen LogP contribution is 2.09. The minimum atomic E-state index is -0.340. The second-order valence-corrected chi connectivity index (χ2v) is 3.54. The van der Waals surface area contributed by atoms with E-state index in [9.17, 15) is 4.79 Å². The van der Waals surface area contributed by atoms with Crippen molar-refractivity contribution in [2.45, 2.75) is 13.8 Å². The zero-order valence-electron chi connectivity index (χ0n) is 10.5. The van der Waals surface area contributed by atoms with Gasteiger partial charge in [-0.05, 0) is 37.6 Å². The van der Waals surface area contributed by atoms with Crippen LogP contribution in [0, 0.1) is 11.3 Å². The number of nitriles is 1. The van der Waals surface area contributed by atoms with Gasteiger partial charge in [0.1, 0.15) is 0 Å². The summed E-state index contributed by atoms with van der Waals surface area (Å²) >= 11 is 0. The third-order valence-electron chi connectivity index (χ3n) is 2.29. The number of hydrogen-bond donors (Lipinski definition) is 0. The summed E-state index contributed by atoms with van der Waals surface area (Å²) in [5.74, 6) is -0.340. The number of benzene rings is 1. The topological polar surface area (TPSA) is 50.1 Å². The fraction of sp³-hybridized carbons (Fsp3) is 0.200. The van der Waals surface area contributed by atoms with E-state index < -0.39 is 0 Å². The third kappa shape index (κ3) is 3.91. The van der Waals surface area contributed by atoms with Crippen LogP contribution < -0.4 is 0 Å². The van der Waals surface area contributed by atoms with Gasteiger partial charge in [-0.15, -0.1) is 0 Å². The first-order valence-electron chi connectivity index (χ1n) is 5.73. The standard InChI is InChI=1S/C15H15NO2/c1-3-14(15(17)18-4-2)9-8-12-6-5-7-13(10-12)11-16/h3,5-10H,4H2,1-2H3/b9-8+,14-3+. The highest BCUT2D eigenvalue weighted by molar-refractivity contribution is 5.92. The molecule has 0 unspecified atom stereocenters. The molecule has 1 aromatic rings. The number of carbonyl (C=O) groups excluding carboxylic acids is 1. The van der Waals surface area contributed by atoms with E-state index in [0.29, 0.717) is 17.7 Å². The fourth-order valence-electron chi connectivity index (χ4n) is 1.39. The lowest BCUT2D eigenvalue weighted by Gasteiger charge is -2.01. The molecule has 0 fully saturated rings. The van der Waals surface area contributed by atoms with E-state index in [1.54, 1.807) is 50.3 Å². The van der Waals surface area contributed by atoms with Crippen LogP contribution in [0.2, 0.25) is 0 Å². The van der Waals surface area contributed by atoms with Gasteiger partial charge < -0.3 is 4.74 Å². The molecular formula is C15H15NO2. The van der Waals surface area contributed by atoms with Crippen molar-refractivity contribution >= 4 is 12.0 Å². The van der Waals surface area contributed by atoms with Gasteiger partial charge >= 0.3 is 5.97 Å². The molecule has 0 heterocycles. The first kappa shape index (κ1) is 13.7. The molecule has 0 radical (unpaired) electrons. The minimum absolute atomic E-state index is 0.340. The first-order valence-corrected chi connectivity index (χ1v) is 5.73. The summed E-state index contributed by atoms with van der Waals surface area (Å²) < 4.78 is 4.92. The molecule has 0 atom stereocenters. The maximum atomic E-state index is 11.5. The minimum Gasteiger partial charge on any atom is -0.462 e. The second-order valence-electron chi connectivity index (χ2n) is 3.54. The van der Waals surface area contributed by atoms with E-state index in [1.807, 2.05) is 6.07 Å². The summed E-state index contributed by atoms with van der Waals surface area (Å²) in [7, 11) is 0. The zero-order valence-corrected chi connectivity index (χ0v) is 10.5. The van der Waals surface area contributed by atoms with Crippen LogP contribution in [-0.4, -0.2) is 12.6 Å². The Morgan fingerprint density at radius 2 is 2.28 bits per heavy atom. The predicted molar refractivity (Wildman–Crippen MR) is 70.6 cm³/mol. The van der Waals surface area contributed by atoms with Gasteiger partial charge in [-0.1, -0.05) is 24.3 Å². The van der Waals surface area contributed by atoms with Gasteiger partial charge in [0.25, 0.3) is 0 Å². The van der Waals surface area contributed by atoms with Gasteiger partial charge in [-0.2, -0.15) is 5.26 Å². The Hall–Kier alpha value is -2.34. The molecule has 18 heavy (non-hydrogen) atoms. The summed E-state index contributed by atoms with van der Waals surface area (Å²) in [4.78, 5) is 11.5. The van der Waals surface area contributed by atoms with Gasteiger partial charge in [0, 0.05) is 0 Å². The van der Waals surface area contributed by atoms with E-state index in [2.05, 4.69) is 6.07 Å². The highest BCUT2D eigenvalue weighted by atomic mass is 16.5. The fourth-order valence-corrected chi connectivity index (χ4v) is 1.39. The van der Waals surface area contributed by atoms with Gasteiger partial charge in [0.05, 0.1) is 23.8 Å². The largest absolute Gasteiger partial charge is 0.462 e. The van der Waals surface area contributed by atoms with Crippen molar-refractivity contribution in [2.75, 3.05) is 6.61 Å². The van der Waals surface area contributed by atoms with E-state index >= 15 is 0 Å². The van der Waals surface area contributed by atoms with Crippen LogP contribution in [0.5, 0.6) is 0 Å². The lowest BCUT2D eigenvalue weighted by atomic mass is 10.1. The van der Waals surface area contributed by atoms with Crippen molar-refractivity contribution < 1.29 is 9.53 Å². The van der Waals surface area contributed by atoms with Crippen LogP contribution in [0.15, 0.2) is 42.0 Å². The van der Waals surface area contributed by atoms with Crippen molar-refractivity contribution in [2.24, 2.45) is 0 Å². The van der Waals surface area contributed by atoms with Crippen molar-refractivity contribution in [3.05, 3.63) is 53.1 Å². The van der Waals surface area contributed by atoms with Crippen molar-refractivity contribution in [3.63, 3.8) is 0 Å². The van der Waals surface area contributed by atoms with Crippen LogP contribution in [0.1, 0.15) is 25.0 Å². The Balaban J connectivity index is 2.85. The predicted octanol–water partition coefficient (Wildman–Crippen LogP) is 3.08. The van der Waals surface area contributed by atoms with Crippen molar-refractivity contribution in [1.82, 2.24) is 0 Å². The monoisotopic (exact) mass is 241 g/mol. The summed E-state index contributed by atoms with van der Waals surface area (Å²) in [6.45, 7) is 3.90. The molecule has 0 aliphatic heterocycles. The summed E-state index contributed by atoms with van der Waals surface area (Å²) in [5.41, 5.74) is 1.97. The van der Waals surface area contributed by atoms with Crippen LogP contribution in [-0.2, 0) is 9.53 Å². The molecule has 0 aliphatic rings. The van der Waals surface area contributed by atoms with Crippen LogP contribution in [0.4, 0.5) is 0 Å². The van der Waals surface area contributed by atoms with Crippen LogP contribution in [0.3, 0.4) is 0 Å². The van der Waals surface area contributed by atoms with Crippen LogP contribution in [0.25, 0.3) is 6.08 Å². The number of hydrogen-bond acceptors (Lipinski definition) is 3. The van der Waals surface area contributed by atoms with Gasteiger partial charge in [0.15, 0.2) is 0 Å². The molecule has 1 rings (SSSR count). The molecule has 0 aromatic heterocycles. The smallest absolute Gasteiger partial charge is 0.337 e. The Morgan fingerprint density at radius 1 is 1.50 bits per heavy atom. The molecule has 92 valence electrons. The van der Waals surface area contributed by atoms with Crippen LogP contribution >= 0.6 is 0 Å². The molecular weight excluding hydrogens is 226 g/mol. The molecule has 0 spiro atoms. The number of carbonyl (C=O) groups is 1. The van der Waals surface area contributed by atoms with E-state index in [1.165, 1.54) is 0 Å². The Labute approximate surface area is 107 Å². The highest BCUT2D eigenvalue weighted by Gasteiger charge is 2.04. The number of ether oxygens (including phenoxy) is 1. The lowest BCUT2D eigenvalue weighted by molar-refractivity contribution is -0.138. The zero-order chi connectivity index (χ0) is 13.4. The van der Waals surface area contributed by atoms with E-state index in [-0.39, 0.29) is 5.97 Å². The summed E-state index contributed by atoms with van der Waals surface area (Å²) in [5, 5.41) is 8.78. The Morgan fingerprint density at radius 3 is 2.89 bits per heavy atom. The maximum Gasteiger partial charge on any atom is 0.337 e. The van der Waals surface area contributed by atoms with Crippen molar-refractivity contribution in [3.8, 4) is 6.07 Å². The molecule has 0 saturated carbocycles. The quantitative estimate of drug-likeness (QED) is 0.462. The summed E-state index contributed by atoms with van der Waals surface area (Å²) in [6, 6.07) is 9.24. The molecule has 0 saturated heterocycles. The first-order chi connectivity index (χ1) is 8.71. The third-order valence-corrected chi connectivity index (χ3v) is 2.29. The lowest BCUT2D eigenvalue weighted by Crippen LogP contribution is -2.05. The second kappa shape index (κ2) is 7.08. The summed E-state index contributed by atoms with van der Waals surface area (Å²) in [6.07, 6.45) is 5.17. The molecule has 3 heteroatoms. The molecule has 3 nitrogen and oxygen atoms in total. The number of rotatable bonds is 4. The Kier molecular flexibility index (Phi) is 5.40. The number of allylic oxidation sites excluding steroid dienone is 1. The van der Waals surface area contributed by atoms with Gasteiger partial charge in [0.2, 0.25) is 0 Å². The number of esters is 1. The van der Waals surface area contributed by atoms with Gasteiger partial charge in [-0.3, -0.25) is 0 Å². The molecule has 0 amide bonds. The molecule has 0 bridgehead atoms. The normalized spacial score (nSPS) is 11.3. The van der Waals surface area contributed by atoms with Crippen molar-refractivity contribution in [1.29, 1.82) is 5.26 Å². The number of nitrogens with zero attached hydrogens (tertiary/aromatic N) is 1. The Bertz CT molecular complexity index is 522. The SMILES string of the molecule is C/C=C(\C=C\c1cccc(C#N)c1)C(=O)OCC.